The monoisotopic (exact) mass is 393 g/mol. The van der Waals surface area contributed by atoms with Gasteiger partial charge in [0, 0.05) is 16.5 Å². The summed E-state index contributed by atoms with van der Waals surface area (Å²) in [4.78, 5) is 12.5. The van der Waals surface area contributed by atoms with Gasteiger partial charge in [-0.3, -0.25) is 4.79 Å². The smallest absolute Gasteiger partial charge is 0.220 e. The van der Waals surface area contributed by atoms with Crippen LogP contribution in [0.4, 0.5) is 0 Å². The first-order valence-electron chi connectivity index (χ1n) is 8.76. The quantitative estimate of drug-likeness (QED) is 0.611. The Balaban J connectivity index is 2.01. The van der Waals surface area contributed by atoms with Crippen molar-refractivity contribution in [2.24, 2.45) is 5.92 Å². The highest BCUT2D eigenvalue weighted by Crippen LogP contribution is 2.25. The average Bonchev–Trinajstić information content (AvgIpc) is 2.60. The minimum atomic E-state index is -0.0194. The number of aryl methyl sites for hydroxylation is 1. The Labute approximate surface area is 165 Å². The van der Waals surface area contributed by atoms with Gasteiger partial charge in [0.1, 0.15) is 5.75 Å². The van der Waals surface area contributed by atoms with Crippen LogP contribution in [0.25, 0.3) is 0 Å². The molecule has 0 aliphatic heterocycles. The molecule has 0 aliphatic rings. The Kier molecular flexibility index (Phi) is 7.80. The van der Waals surface area contributed by atoms with Gasteiger partial charge < -0.3 is 10.1 Å². The molecular formula is C21H25Cl2NO2. The van der Waals surface area contributed by atoms with E-state index in [1.807, 2.05) is 30.3 Å². The molecule has 0 aromatic heterocycles. The van der Waals surface area contributed by atoms with Gasteiger partial charge in [-0.25, -0.2) is 0 Å². The molecule has 1 amide bonds. The molecule has 2 rings (SSSR count). The van der Waals surface area contributed by atoms with Crippen LogP contribution in [-0.2, 0) is 11.2 Å². The van der Waals surface area contributed by atoms with Crippen LogP contribution in [-0.4, -0.2) is 13.0 Å². The zero-order valence-electron chi connectivity index (χ0n) is 15.4. The molecule has 0 heterocycles. The number of rotatable bonds is 8. The molecule has 26 heavy (non-hydrogen) atoms. The van der Waals surface area contributed by atoms with Gasteiger partial charge in [-0.05, 0) is 54.2 Å². The van der Waals surface area contributed by atoms with Crippen LogP contribution in [0.1, 0.15) is 43.9 Å². The van der Waals surface area contributed by atoms with E-state index >= 15 is 0 Å². The summed E-state index contributed by atoms with van der Waals surface area (Å²) >= 11 is 12.1. The van der Waals surface area contributed by atoms with Crippen LogP contribution in [0.3, 0.4) is 0 Å². The van der Waals surface area contributed by atoms with Crippen molar-refractivity contribution in [1.29, 1.82) is 0 Å². The number of benzene rings is 2. The second-order valence-electron chi connectivity index (χ2n) is 6.76. The van der Waals surface area contributed by atoms with Crippen LogP contribution in [0.2, 0.25) is 10.0 Å². The molecule has 0 radical (unpaired) electrons. The van der Waals surface area contributed by atoms with E-state index in [0.717, 1.165) is 23.3 Å². The largest absolute Gasteiger partial charge is 0.497 e. The predicted octanol–water partition coefficient (Wildman–Crippen LogP) is 5.84. The van der Waals surface area contributed by atoms with Crippen LogP contribution in [0, 0.1) is 5.92 Å². The van der Waals surface area contributed by atoms with E-state index in [4.69, 9.17) is 27.9 Å². The third kappa shape index (κ3) is 6.22. The highest BCUT2D eigenvalue weighted by atomic mass is 35.5. The second-order valence-corrected chi connectivity index (χ2v) is 7.60. The molecule has 2 aromatic carbocycles. The molecule has 2 aromatic rings. The van der Waals surface area contributed by atoms with Gasteiger partial charge in [-0.1, -0.05) is 55.2 Å². The molecule has 0 bridgehead atoms. The normalized spacial score (nSPS) is 12.1. The number of halogens is 2. The van der Waals surface area contributed by atoms with Crippen molar-refractivity contribution in [2.45, 2.75) is 39.2 Å². The van der Waals surface area contributed by atoms with Crippen molar-refractivity contribution in [3.05, 3.63) is 63.6 Å². The number of carbonyl (C=O) groups excluding carboxylic acids is 1. The predicted molar refractivity (Wildman–Crippen MR) is 108 cm³/mol. The van der Waals surface area contributed by atoms with Crippen molar-refractivity contribution in [3.8, 4) is 5.75 Å². The van der Waals surface area contributed by atoms with Crippen molar-refractivity contribution in [2.75, 3.05) is 7.11 Å². The van der Waals surface area contributed by atoms with Crippen LogP contribution in [0.5, 0.6) is 5.75 Å². The van der Waals surface area contributed by atoms with Crippen molar-refractivity contribution < 1.29 is 9.53 Å². The van der Waals surface area contributed by atoms with E-state index < -0.39 is 0 Å². The molecule has 0 saturated carbocycles. The summed E-state index contributed by atoms with van der Waals surface area (Å²) in [5.74, 6) is 1.28. The zero-order chi connectivity index (χ0) is 19.1. The lowest BCUT2D eigenvalue weighted by atomic mass is 9.96. The van der Waals surface area contributed by atoms with Crippen LogP contribution in [0.15, 0.2) is 42.5 Å². The van der Waals surface area contributed by atoms with E-state index in [-0.39, 0.29) is 11.9 Å². The molecule has 0 aliphatic carbocycles. The van der Waals surface area contributed by atoms with Crippen molar-refractivity contribution in [3.63, 3.8) is 0 Å². The fraction of sp³-hybridized carbons (Fsp3) is 0.381. The number of nitrogens with one attached hydrogen (secondary N) is 1. The summed E-state index contributed by atoms with van der Waals surface area (Å²) in [6, 6.07) is 13.2. The molecule has 140 valence electrons. The maximum Gasteiger partial charge on any atom is 0.220 e. The fourth-order valence-corrected chi connectivity index (χ4v) is 3.33. The summed E-state index contributed by atoms with van der Waals surface area (Å²) in [7, 11) is 1.64. The molecule has 0 saturated heterocycles. The Morgan fingerprint density at radius 3 is 2.38 bits per heavy atom. The van der Waals surface area contributed by atoms with Crippen LogP contribution < -0.4 is 10.1 Å². The highest BCUT2D eigenvalue weighted by molar-refractivity contribution is 6.35. The Morgan fingerprint density at radius 1 is 1.12 bits per heavy atom. The number of hydrogen-bond acceptors (Lipinski definition) is 2. The first-order chi connectivity index (χ1) is 12.4. The standard InChI is InChI=1S/C21H25Cl2NO2/c1-14(2)12-20(16-5-9-18(26-3)10-6-16)24-21(25)11-7-15-4-8-17(22)13-19(15)23/h4-6,8-10,13-14,20H,7,11-12H2,1-3H3,(H,24,25)/t20-/m1/s1. The Bertz CT molecular complexity index is 729. The van der Waals surface area contributed by atoms with E-state index in [1.54, 1.807) is 19.2 Å². The third-order valence-electron chi connectivity index (χ3n) is 4.20. The van der Waals surface area contributed by atoms with E-state index in [1.165, 1.54) is 0 Å². The van der Waals surface area contributed by atoms with Crippen molar-refractivity contribution in [1.82, 2.24) is 5.32 Å². The molecule has 0 unspecified atom stereocenters. The van der Waals surface area contributed by atoms with Crippen LogP contribution >= 0.6 is 23.2 Å². The SMILES string of the molecule is COc1ccc([C@@H](CC(C)C)NC(=O)CCc2ccc(Cl)cc2Cl)cc1. The first kappa shape index (κ1) is 20.6. The lowest BCUT2D eigenvalue weighted by Crippen LogP contribution is -2.29. The average molecular weight is 394 g/mol. The maximum atomic E-state index is 12.5. The Hall–Kier alpha value is -1.71. The minimum absolute atomic E-state index is 0.0116. The summed E-state index contributed by atoms with van der Waals surface area (Å²) in [5, 5.41) is 4.35. The van der Waals surface area contributed by atoms with Gasteiger partial charge in [0.05, 0.1) is 13.2 Å². The molecule has 3 nitrogen and oxygen atoms in total. The first-order valence-corrected chi connectivity index (χ1v) is 9.52. The molecule has 0 spiro atoms. The third-order valence-corrected chi connectivity index (χ3v) is 4.78. The molecule has 0 fully saturated rings. The molecule has 5 heteroatoms. The topological polar surface area (TPSA) is 38.3 Å². The van der Waals surface area contributed by atoms with Crippen molar-refractivity contribution >= 4 is 29.1 Å². The summed E-state index contributed by atoms with van der Waals surface area (Å²) < 4.78 is 5.21. The molecule has 1 atom stereocenters. The van der Waals surface area contributed by atoms with Gasteiger partial charge in [-0.2, -0.15) is 0 Å². The number of hydrogen-bond donors (Lipinski definition) is 1. The highest BCUT2D eigenvalue weighted by Gasteiger charge is 2.16. The minimum Gasteiger partial charge on any atom is -0.497 e. The Morgan fingerprint density at radius 2 is 1.81 bits per heavy atom. The summed E-state index contributed by atoms with van der Waals surface area (Å²) in [5.41, 5.74) is 2.01. The second kappa shape index (κ2) is 9.84. The lowest BCUT2D eigenvalue weighted by Gasteiger charge is -2.21. The lowest BCUT2D eigenvalue weighted by molar-refractivity contribution is -0.121. The number of amides is 1. The number of ether oxygens (including phenoxy) is 1. The fourth-order valence-electron chi connectivity index (χ4n) is 2.83. The van der Waals surface area contributed by atoms with Gasteiger partial charge in [0.15, 0.2) is 0 Å². The summed E-state index contributed by atoms with van der Waals surface area (Å²) in [6.45, 7) is 4.30. The van der Waals surface area contributed by atoms with Gasteiger partial charge in [-0.15, -0.1) is 0 Å². The van der Waals surface area contributed by atoms with E-state index in [2.05, 4.69) is 19.2 Å². The van der Waals surface area contributed by atoms with Gasteiger partial charge in [0.2, 0.25) is 5.91 Å². The molecule has 1 N–H and O–H groups in total. The van der Waals surface area contributed by atoms with Gasteiger partial charge in [0.25, 0.3) is 0 Å². The summed E-state index contributed by atoms with van der Waals surface area (Å²) in [6.07, 6.45) is 1.84. The maximum absolute atomic E-state index is 12.5. The van der Waals surface area contributed by atoms with E-state index in [9.17, 15) is 4.79 Å². The number of carbonyl (C=O) groups is 1. The van der Waals surface area contributed by atoms with E-state index in [0.29, 0.717) is 28.8 Å². The zero-order valence-corrected chi connectivity index (χ0v) is 16.9. The number of methoxy groups -OCH3 is 1. The van der Waals surface area contributed by atoms with Gasteiger partial charge >= 0.3 is 0 Å². The molecular weight excluding hydrogens is 369 g/mol.